The summed E-state index contributed by atoms with van der Waals surface area (Å²) < 4.78 is 29.1. The van der Waals surface area contributed by atoms with Crippen LogP contribution >= 0.6 is 0 Å². The van der Waals surface area contributed by atoms with Gasteiger partial charge in [-0.25, -0.2) is 0 Å². The van der Waals surface area contributed by atoms with Crippen LogP contribution in [0.15, 0.2) is 23.1 Å². The quantitative estimate of drug-likeness (QED) is 0.666. The lowest BCUT2D eigenvalue weighted by atomic mass is 10.2. The predicted octanol–water partition coefficient (Wildman–Crippen LogP) is -0.195. The van der Waals surface area contributed by atoms with Crippen LogP contribution in [0.1, 0.15) is 5.56 Å². The fraction of sp³-hybridized carbons (Fsp3) is 0.286. The minimum absolute atomic E-state index is 0.0228. The summed E-state index contributed by atoms with van der Waals surface area (Å²) in [5, 5.41) is 0. The highest BCUT2D eigenvalue weighted by Crippen LogP contribution is 1.94. The average molecular weight is 203 g/mol. The van der Waals surface area contributed by atoms with Gasteiger partial charge in [0.2, 0.25) is 0 Å². The van der Waals surface area contributed by atoms with Crippen molar-refractivity contribution in [1.29, 1.82) is 0 Å². The van der Waals surface area contributed by atoms with E-state index in [1.54, 1.807) is 6.07 Å². The molecule has 72 valence electrons. The molecule has 0 bridgehead atoms. The summed E-state index contributed by atoms with van der Waals surface area (Å²) in [4.78, 5) is 13.4. The van der Waals surface area contributed by atoms with E-state index in [0.717, 1.165) is 0 Å². The van der Waals surface area contributed by atoms with Crippen molar-refractivity contribution in [3.8, 4) is 0 Å². The number of aromatic amines is 1. The second-order valence-corrected chi connectivity index (χ2v) is 4.13. The Morgan fingerprint density at radius 1 is 1.46 bits per heavy atom. The molecule has 0 aliphatic carbocycles. The zero-order valence-corrected chi connectivity index (χ0v) is 7.54. The Balaban J connectivity index is 2.77. The van der Waals surface area contributed by atoms with Crippen LogP contribution in [0.3, 0.4) is 0 Å². The number of hydrogen-bond donors (Lipinski definition) is 2. The van der Waals surface area contributed by atoms with Crippen molar-refractivity contribution in [2.24, 2.45) is 0 Å². The van der Waals surface area contributed by atoms with E-state index in [1.165, 1.54) is 12.3 Å². The molecular formula is C7H9NO4S. The third-order valence-corrected chi connectivity index (χ3v) is 2.25. The Morgan fingerprint density at radius 3 is 2.69 bits per heavy atom. The summed E-state index contributed by atoms with van der Waals surface area (Å²) >= 11 is 0. The minimum Gasteiger partial charge on any atom is -0.329 e. The summed E-state index contributed by atoms with van der Waals surface area (Å²) in [7, 11) is -3.99. The van der Waals surface area contributed by atoms with Crippen LogP contribution in [0.4, 0.5) is 0 Å². The fourth-order valence-corrected chi connectivity index (χ4v) is 1.37. The molecule has 6 heteroatoms. The zero-order chi connectivity index (χ0) is 9.90. The molecule has 13 heavy (non-hydrogen) atoms. The van der Waals surface area contributed by atoms with Crippen LogP contribution in [0.2, 0.25) is 0 Å². The Kier molecular flexibility index (Phi) is 2.84. The maximum Gasteiger partial charge on any atom is 0.265 e. The van der Waals surface area contributed by atoms with Gasteiger partial charge in [0.15, 0.2) is 0 Å². The smallest absolute Gasteiger partial charge is 0.265 e. The van der Waals surface area contributed by atoms with Gasteiger partial charge in [-0.3, -0.25) is 9.35 Å². The van der Waals surface area contributed by atoms with E-state index in [2.05, 4.69) is 4.98 Å². The lowest BCUT2D eigenvalue weighted by Crippen LogP contribution is -2.15. The normalized spacial score (nSPS) is 11.5. The van der Waals surface area contributed by atoms with Gasteiger partial charge in [0.25, 0.3) is 15.7 Å². The Hall–Kier alpha value is -1.14. The van der Waals surface area contributed by atoms with Gasteiger partial charge >= 0.3 is 0 Å². The lowest BCUT2D eigenvalue weighted by molar-refractivity contribution is 0.482. The van der Waals surface area contributed by atoms with Gasteiger partial charge in [0.1, 0.15) is 0 Å². The molecule has 0 saturated carbocycles. The summed E-state index contributed by atoms with van der Waals surface area (Å²) in [5.74, 6) is -0.430. The highest BCUT2D eigenvalue weighted by molar-refractivity contribution is 7.85. The van der Waals surface area contributed by atoms with Gasteiger partial charge in [0, 0.05) is 11.8 Å². The average Bonchev–Trinajstić information content (AvgIpc) is 2.01. The van der Waals surface area contributed by atoms with Crippen molar-refractivity contribution in [3.63, 3.8) is 0 Å². The largest absolute Gasteiger partial charge is 0.329 e. The van der Waals surface area contributed by atoms with E-state index in [1.807, 2.05) is 0 Å². The summed E-state index contributed by atoms with van der Waals surface area (Å²) in [5.41, 5.74) is 0.0197. The summed E-state index contributed by atoms with van der Waals surface area (Å²) in [6, 6.07) is 3.12. The molecule has 5 nitrogen and oxygen atoms in total. The highest BCUT2D eigenvalue weighted by Gasteiger charge is 2.06. The van der Waals surface area contributed by atoms with Crippen LogP contribution in [0, 0.1) is 0 Å². The maximum absolute atomic E-state index is 11.0. The van der Waals surface area contributed by atoms with Gasteiger partial charge < -0.3 is 4.98 Å². The van der Waals surface area contributed by atoms with E-state index < -0.39 is 15.9 Å². The van der Waals surface area contributed by atoms with Crippen LogP contribution in [0.5, 0.6) is 0 Å². The molecule has 0 spiro atoms. The zero-order valence-electron chi connectivity index (χ0n) is 6.73. The Labute approximate surface area is 75.2 Å². The van der Waals surface area contributed by atoms with E-state index >= 15 is 0 Å². The van der Waals surface area contributed by atoms with Crippen molar-refractivity contribution in [2.75, 3.05) is 5.75 Å². The van der Waals surface area contributed by atoms with Gasteiger partial charge in [-0.05, 0) is 12.5 Å². The van der Waals surface area contributed by atoms with Crippen molar-refractivity contribution < 1.29 is 13.0 Å². The first kappa shape index (κ1) is 9.94. The predicted molar refractivity (Wildman–Crippen MR) is 47.2 cm³/mol. The summed E-state index contributed by atoms with van der Waals surface area (Å²) in [6.07, 6.45) is 1.48. The van der Waals surface area contributed by atoms with Gasteiger partial charge in [-0.2, -0.15) is 8.42 Å². The number of H-pyrrole nitrogens is 1. The topological polar surface area (TPSA) is 87.2 Å². The third kappa shape index (κ3) is 3.39. The van der Waals surface area contributed by atoms with Crippen molar-refractivity contribution in [2.45, 2.75) is 6.42 Å². The molecule has 0 amide bonds. The molecular weight excluding hydrogens is 194 g/mol. The SMILES string of the molecule is O=c1[nH]cccc1CCS(=O)(=O)O. The van der Waals surface area contributed by atoms with E-state index in [9.17, 15) is 13.2 Å². The fourth-order valence-electron chi connectivity index (χ4n) is 0.892. The first-order chi connectivity index (χ1) is 5.99. The number of aromatic nitrogens is 1. The summed E-state index contributed by atoms with van der Waals surface area (Å²) in [6.45, 7) is 0. The molecule has 0 radical (unpaired) electrons. The van der Waals surface area contributed by atoms with Crippen LogP contribution in [-0.2, 0) is 16.5 Å². The number of pyridine rings is 1. The molecule has 0 aliphatic heterocycles. The second kappa shape index (κ2) is 3.71. The first-order valence-corrected chi connectivity index (χ1v) is 5.22. The molecule has 0 aromatic carbocycles. The van der Waals surface area contributed by atoms with Crippen LogP contribution < -0.4 is 5.56 Å². The molecule has 1 aromatic heterocycles. The Bertz CT molecular complexity index is 434. The number of aryl methyl sites for hydroxylation is 1. The number of nitrogens with one attached hydrogen (secondary N) is 1. The van der Waals surface area contributed by atoms with Crippen molar-refractivity contribution in [1.82, 2.24) is 4.98 Å². The van der Waals surface area contributed by atoms with E-state index in [4.69, 9.17) is 4.55 Å². The molecule has 0 fully saturated rings. The lowest BCUT2D eigenvalue weighted by Gasteiger charge is -1.96. The van der Waals surface area contributed by atoms with Crippen LogP contribution in [-0.4, -0.2) is 23.7 Å². The minimum atomic E-state index is -3.99. The molecule has 1 heterocycles. The molecule has 2 N–H and O–H groups in total. The van der Waals surface area contributed by atoms with Gasteiger partial charge in [-0.15, -0.1) is 0 Å². The first-order valence-electron chi connectivity index (χ1n) is 3.61. The molecule has 0 unspecified atom stereocenters. The van der Waals surface area contributed by atoms with Crippen molar-refractivity contribution >= 4 is 10.1 Å². The van der Waals surface area contributed by atoms with Gasteiger partial charge in [0.05, 0.1) is 5.75 Å². The molecule has 0 saturated heterocycles. The van der Waals surface area contributed by atoms with Gasteiger partial charge in [-0.1, -0.05) is 6.07 Å². The van der Waals surface area contributed by atoms with Crippen molar-refractivity contribution in [3.05, 3.63) is 34.2 Å². The Morgan fingerprint density at radius 2 is 2.15 bits per heavy atom. The standard InChI is InChI=1S/C7H9NO4S/c9-7-6(2-1-4-8-7)3-5-13(10,11)12/h1-2,4H,3,5H2,(H,8,9)(H,10,11,12). The van der Waals surface area contributed by atoms with E-state index in [-0.39, 0.29) is 12.0 Å². The third-order valence-electron chi connectivity index (χ3n) is 1.53. The molecule has 1 rings (SSSR count). The number of rotatable bonds is 3. The van der Waals surface area contributed by atoms with E-state index in [0.29, 0.717) is 5.56 Å². The second-order valence-electron chi connectivity index (χ2n) is 2.56. The molecule has 1 aromatic rings. The maximum atomic E-state index is 11.0. The van der Waals surface area contributed by atoms with Crippen LogP contribution in [0.25, 0.3) is 0 Å². The molecule has 0 aliphatic rings. The molecule has 0 atom stereocenters. The highest BCUT2D eigenvalue weighted by atomic mass is 32.2. The monoisotopic (exact) mass is 203 g/mol. The number of hydrogen-bond acceptors (Lipinski definition) is 3.